The number of hydrogen-bond donors (Lipinski definition) is 1. The van der Waals surface area contributed by atoms with Crippen molar-refractivity contribution in [3.63, 3.8) is 0 Å². The summed E-state index contributed by atoms with van der Waals surface area (Å²) in [6, 6.07) is 7.73. The number of benzene rings is 1. The van der Waals surface area contributed by atoms with Gasteiger partial charge >= 0.3 is 0 Å². The summed E-state index contributed by atoms with van der Waals surface area (Å²) in [5, 5.41) is 8.98. The fourth-order valence-corrected chi connectivity index (χ4v) is 1.93. The van der Waals surface area contributed by atoms with Gasteiger partial charge in [-0.2, -0.15) is 5.26 Å². The quantitative estimate of drug-likeness (QED) is 0.896. The summed E-state index contributed by atoms with van der Waals surface area (Å²) in [6.45, 7) is 4.05. The molecule has 18 heavy (non-hydrogen) atoms. The summed E-state index contributed by atoms with van der Waals surface area (Å²) < 4.78 is 1.96. The second kappa shape index (κ2) is 5.03. The van der Waals surface area contributed by atoms with Crippen molar-refractivity contribution >= 4 is 0 Å². The predicted octanol–water partition coefficient (Wildman–Crippen LogP) is 2.46. The predicted molar refractivity (Wildman–Crippen MR) is 70.2 cm³/mol. The molecule has 1 heterocycles. The van der Waals surface area contributed by atoms with Gasteiger partial charge in [-0.25, -0.2) is 4.98 Å². The van der Waals surface area contributed by atoms with Crippen molar-refractivity contribution in [2.45, 2.75) is 26.3 Å². The Morgan fingerprint density at radius 1 is 1.50 bits per heavy atom. The lowest BCUT2D eigenvalue weighted by atomic mass is 10.1. The molecule has 4 nitrogen and oxygen atoms in total. The number of rotatable bonds is 3. The zero-order valence-corrected chi connectivity index (χ0v) is 10.6. The molecule has 4 heteroatoms. The summed E-state index contributed by atoms with van der Waals surface area (Å²) in [5.41, 5.74) is 9.74. The van der Waals surface area contributed by atoms with Crippen LogP contribution >= 0.6 is 0 Å². The average molecular weight is 240 g/mol. The molecule has 0 saturated heterocycles. The number of nitrogens with two attached hydrogens (primary N) is 1. The Bertz CT molecular complexity index is 592. The van der Waals surface area contributed by atoms with E-state index in [9.17, 15) is 0 Å². The molecule has 0 amide bonds. The van der Waals surface area contributed by atoms with Crippen LogP contribution in [0, 0.1) is 18.3 Å². The first-order valence-electron chi connectivity index (χ1n) is 5.96. The van der Waals surface area contributed by atoms with Crippen molar-refractivity contribution in [1.29, 1.82) is 5.26 Å². The highest BCUT2D eigenvalue weighted by Gasteiger charge is 2.12. The maximum absolute atomic E-state index is 8.98. The van der Waals surface area contributed by atoms with Crippen molar-refractivity contribution in [2.24, 2.45) is 5.73 Å². The van der Waals surface area contributed by atoms with Gasteiger partial charge < -0.3 is 10.3 Å². The minimum absolute atomic E-state index is 0.0439. The maximum atomic E-state index is 8.98. The molecule has 0 aliphatic rings. The fraction of sp³-hybridized carbons (Fsp3) is 0.286. The van der Waals surface area contributed by atoms with Crippen LogP contribution in [-0.2, 0) is 0 Å². The van der Waals surface area contributed by atoms with Gasteiger partial charge in [0.1, 0.15) is 0 Å². The van der Waals surface area contributed by atoms with Crippen molar-refractivity contribution in [3.05, 3.63) is 47.5 Å². The van der Waals surface area contributed by atoms with Crippen molar-refractivity contribution < 1.29 is 0 Å². The fourth-order valence-electron chi connectivity index (χ4n) is 1.93. The van der Waals surface area contributed by atoms with Crippen LogP contribution in [0.15, 0.2) is 30.7 Å². The van der Waals surface area contributed by atoms with E-state index in [1.807, 2.05) is 36.6 Å². The van der Waals surface area contributed by atoms with Crippen LogP contribution in [0.25, 0.3) is 5.69 Å². The van der Waals surface area contributed by atoms with E-state index in [0.717, 1.165) is 23.4 Å². The topological polar surface area (TPSA) is 67.6 Å². The van der Waals surface area contributed by atoms with Crippen molar-refractivity contribution in [2.75, 3.05) is 0 Å². The van der Waals surface area contributed by atoms with E-state index in [4.69, 9.17) is 11.0 Å². The molecular formula is C14H16N4. The van der Waals surface area contributed by atoms with Crippen LogP contribution in [0.4, 0.5) is 0 Å². The molecule has 92 valence electrons. The van der Waals surface area contributed by atoms with E-state index in [0.29, 0.717) is 5.56 Å². The minimum atomic E-state index is -0.0439. The molecule has 0 radical (unpaired) electrons. The van der Waals surface area contributed by atoms with Gasteiger partial charge in [-0.15, -0.1) is 0 Å². The van der Waals surface area contributed by atoms with Crippen LogP contribution in [0.3, 0.4) is 0 Å². The van der Waals surface area contributed by atoms with Gasteiger partial charge in [0.15, 0.2) is 0 Å². The zero-order chi connectivity index (χ0) is 13.1. The molecular weight excluding hydrogens is 224 g/mol. The Balaban J connectivity index is 2.56. The average Bonchev–Trinajstić information content (AvgIpc) is 2.87. The Labute approximate surface area is 107 Å². The molecule has 1 aromatic heterocycles. The molecule has 0 aliphatic heterocycles. The largest absolute Gasteiger partial charge is 0.323 e. The lowest BCUT2D eigenvalue weighted by Crippen LogP contribution is -2.13. The Kier molecular flexibility index (Phi) is 3.45. The van der Waals surface area contributed by atoms with E-state index in [-0.39, 0.29) is 6.04 Å². The molecule has 2 N–H and O–H groups in total. The molecule has 1 aromatic carbocycles. The van der Waals surface area contributed by atoms with Gasteiger partial charge in [0.2, 0.25) is 0 Å². The van der Waals surface area contributed by atoms with Crippen LogP contribution in [0.2, 0.25) is 0 Å². The van der Waals surface area contributed by atoms with Crippen molar-refractivity contribution in [3.8, 4) is 11.8 Å². The first-order chi connectivity index (χ1) is 8.67. The first kappa shape index (κ1) is 12.3. The van der Waals surface area contributed by atoms with Crippen molar-refractivity contribution in [1.82, 2.24) is 9.55 Å². The monoisotopic (exact) mass is 240 g/mol. The van der Waals surface area contributed by atoms with E-state index in [1.54, 1.807) is 12.5 Å². The summed E-state index contributed by atoms with van der Waals surface area (Å²) in [5.74, 6) is 0. The second-order valence-corrected chi connectivity index (χ2v) is 4.32. The number of aryl methyl sites for hydroxylation is 1. The van der Waals surface area contributed by atoms with Gasteiger partial charge in [0, 0.05) is 6.04 Å². The van der Waals surface area contributed by atoms with Gasteiger partial charge in [0.05, 0.1) is 35.5 Å². The van der Waals surface area contributed by atoms with E-state index in [1.165, 1.54) is 0 Å². The Hall–Kier alpha value is -2.12. The number of nitriles is 1. The molecule has 1 atom stereocenters. The zero-order valence-electron chi connectivity index (χ0n) is 10.6. The maximum Gasteiger partial charge on any atom is 0.0994 e. The van der Waals surface area contributed by atoms with E-state index >= 15 is 0 Å². The number of imidazole rings is 1. The molecule has 0 spiro atoms. The summed E-state index contributed by atoms with van der Waals surface area (Å²) >= 11 is 0. The summed E-state index contributed by atoms with van der Waals surface area (Å²) in [4.78, 5) is 4.16. The standard InChI is InChI=1S/C14H16N4/c1-3-12(16)14-8-17-9-18(14)13-6-11(7-15)5-4-10(13)2/h4-6,8-9,12H,3,16H2,1-2H3/t12-/m1/s1. The highest BCUT2D eigenvalue weighted by molar-refractivity contribution is 5.48. The minimum Gasteiger partial charge on any atom is -0.323 e. The van der Waals surface area contributed by atoms with Gasteiger partial charge in [-0.1, -0.05) is 13.0 Å². The third-order valence-electron chi connectivity index (χ3n) is 3.08. The van der Waals surface area contributed by atoms with Gasteiger partial charge in [0.25, 0.3) is 0 Å². The molecule has 0 bridgehead atoms. The molecule has 2 rings (SSSR count). The van der Waals surface area contributed by atoms with Gasteiger partial charge in [-0.05, 0) is 31.0 Å². The first-order valence-corrected chi connectivity index (χ1v) is 5.96. The number of hydrogen-bond acceptors (Lipinski definition) is 3. The summed E-state index contributed by atoms with van der Waals surface area (Å²) in [6.07, 6.45) is 4.38. The van der Waals surface area contributed by atoms with Crippen LogP contribution < -0.4 is 5.73 Å². The second-order valence-electron chi connectivity index (χ2n) is 4.32. The molecule has 0 fully saturated rings. The summed E-state index contributed by atoms with van der Waals surface area (Å²) in [7, 11) is 0. The molecule has 0 aliphatic carbocycles. The Morgan fingerprint density at radius 3 is 2.94 bits per heavy atom. The van der Waals surface area contributed by atoms with Crippen LogP contribution in [-0.4, -0.2) is 9.55 Å². The third-order valence-corrected chi connectivity index (χ3v) is 3.08. The molecule has 0 unspecified atom stereocenters. The number of aromatic nitrogens is 2. The molecule has 0 saturated carbocycles. The van der Waals surface area contributed by atoms with E-state index in [2.05, 4.69) is 11.1 Å². The van der Waals surface area contributed by atoms with Crippen LogP contribution in [0.1, 0.15) is 36.2 Å². The third kappa shape index (κ3) is 2.13. The van der Waals surface area contributed by atoms with E-state index < -0.39 is 0 Å². The smallest absolute Gasteiger partial charge is 0.0994 e. The SMILES string of the molecule is CC[C@@H](N)c1cncn1-c1cc(C#N)ccc1C. The lowest BCUT2D eigenvalue weighted by Gasteiger charge is -2.15. The molecule has 2 aromatic rings. The van der Waals surface area contributed by atoms with Crippen LogP contribution in [0.5, 0.6) is 0 Å². The Morgan fingerprint density at radius 2 is 2.28 bits per heavy atom. The normalized spacial score (nSPS) is 12.1. The number of nitrogens with zero attached hydrogens (tertiary/aromatic N) is 3. The highest BCUT2D eigenvalue weighted by atomic mass is 15.1. The van der Waals surface area contributed by atoms with Gasteiger partial charge in [-0.3, -0.25) is 0 Å². The lowest BCUT2D eigenvalue weighted by molar-refractivity contribution is 0.659. The highest BCUT2D eigenvalue weighted by Crippen LogP contribution is 2.21.